The summed E-state index contributed by atoms with van der Waals surface area (Å²) < 4.78 is 33.3. The van der Waals surface area contributed by atoms with Crippen molar-refractivity contribution in [3.05, 3.63) is 57.6 Å². The molecule has 0 aliphatic rings. The second-order valence-electron chi connectivity index (χ2n) is 6.60. The summed E-state index contributed by atoms with van der Waals surface area (Å²) in [6.07, 6.45) is 0.0474. The van der Waals surface area contributed by atoms with Gasteiger partial charge < -0.3 is 10.1 Å². The number of methoxy groups -OCH3 is 1. The number of amides is 1. The van der Waals surface area contributed by atoms with Gasteiger partial charge in [0.15, 0.2) is 0 Å². The quantitative estimate of drug-likeness (QED) is 0.619. The van der Waals surface area contributed by atoms with E-state index in [0.29, 0.717) is 11.3 Å². The Bertz CT molecular complexity index is 961. The van der Waals surface area contributed by atoms with Crippen molar-refractivity contribution in [3.8, 4) is 5.75 Å². The molecule has 2 N–H and O–H groups in total. The van der Waals surface area contributed by atoms with Crippen molar-refractivity contribution in [1.29, 1.82) is 0 Å². The molecule has 0 spiro atoms. The number of hydrogen-bond donors (Lipinski definition) is 2. The maximum atomic E-state index is 12.4. The molecule has 0 fully saturated rings. The van der Waals surface area contributed by atoms with Crippen molar-refractivity contribution in [2.24, 2.45) is 0 Å². The molecule has 0 radical (unpaired) electrons. The van der Waals surface area contributed by atoms with Crippen LogP contribution in [0.15, 0.2) is 45.8 Å². The fourth-order valence-electron chi connectivity index (χ4n) is 2.83. The van der Waals surface area contributed by atoms with Crippen molar-refractivity contribution in [2.45, 2.75) is 38.1 Å². The van der Waals surface area contributed by atoms with Crippen LogP contribution in [0.3, 0.4) is 0 Å². The van der Waals surface area contributed by atoms with E-state index in [0.717, 1.165) is 15.6 Å². The lowest BCUT2D eigenvalue weighted by molar-refractivity contribution is -0.121. The molecule has 0 aliphatic heterocycles. The van der Waals surface area contributed by atoms with E-state index >= 15 is 0 Å². The second kappa shape index (κ2) is 9.54. The first kappa shape index (κ1) is 22.4. The molecule has 0 aliphatic carbocycles. The molecule has 2 aromatic rings. The van der Waals surface area contributed by atoms with Crippen LogP contribution in [0.25, 0.3) is 0 Å². The third kappa shape index (κ3) is 5.80. The normalized spacial score (nSPS) is 12.5. The number of benzene rings is 2. The number of sulfonamides is 1. The SMILES string of the molecule is COc1ccc(C(C)NC(=O)CCNS(=O)(=O)c2ccc(C)cc2C)cc1Br. The number of rotatable bonds is 8. The average molecular weight is 469 g/mol. The predicted molar refractivity (Wildman–Crippen MR) is 113 cm³/mol. The molecule has 0 aromatic heterocycles. The summed E-state index contributed by atoms with van der Waals surface area (Å²) in [5.41, 5.74) is 2.59. The van der Waals surface area contributed by atoms with Crippen molar-refractivity contribution in [3.63, 3.8) is 0 Å². The molecular formula is C20H25BrN2O4S. The van der Waals surface area contributed by atoms with Gasteiger partial charge in [0.2, 0.25) is 15.9 Å². The van der Waals surface area contributed by atoms with Crippen LogP contribution in [0.2, 0.25) is 0 Å². The zero-order valence-corrected chi connectivity index (χ0v) is 18.8. The number of halogens is 1. The zero-order chi connectivity index (χ0) is 20.9. The smallest absolute Gasteiger partial charge is 0.240 e. The molecule has 2 rings (SSSR count). The molecule has 152 valence electrons. The lowest BCUT2D eigenvalue weighted by Gasteiger charge is -2.16. The van der Waals surface area contributed by atoms with E-state index in [1.165, 1.54) is 0 Å². The average Bonchev–Trinajstić information content (AvgIpc) is 2.61. The first-order valence-electron chi connectivity index (χ1n) is 8.83. The lowest BCUT2D eigenvalue weighted by Crippen LogP contribution is -2.32. The molecular weight excluding hydrogens is 444 g/mol. The Kier molecular flexibility index (Phi) is 7.63. The van der Waals surface area contributed by atoms with Crippen LogP contribution in [0.5, 0.6) is 5.75 Å². The van der Waals surface area contributed by atoms with E-state index in [1.807, 2.05) is 38.1 Å². The molecule has 1 unspecified atom stereocenters. The fraction of sp³-hybridized carbons (Fsp3) is 0.350. The minimum Gasteiger partial charge on any atom is -0.496 e. The van der Waals surface area contributed by atoms with E-state index < -0.39 is 10.0 Å². The van der Waals surface area contributed by atoms with Gasteiger partial charge in [0.1, 0.15) is 5.75 Å². The van der Waals surface area contributed by atoms with E-state index in [-0.39, 0.29) is 29.8 Å². The largest absolute Gasteiger partial charge is 0.496 e. The summed E-state index contributed by atoms with van der Waals surface area (Å²) in [7, 11) is -2.06. The van der Waals surface area contributed by atoms with Gasteiger partial charge in [0.05, 0.1) is 22.5 Å². The molecule has 0 saturated heterocycles. The number of aryl methyl sites for hydroxylation is 2. The second-order valence-corrected chi connectivity index (χ2v) is 9.19. The highest BCUT2D eigenvalue weighted by Gasteiger charge is 2.17. The Hall–Kier alpha value is -1.90. The zero-order valence-electron chi connectivity index (χ0n) is 16.4. The first-order valence-corrected chi connectivity index (χ1v) is 11.1. The van der Waals surface area contributed by atoms with Crippen LogP contribution in [0.4, 0.5) is 0 Å². The molecule has 1 amide bonds. The summed E-state index contributed by atoms with van der Waals surface area (Å²) in [4.78, 5) is 12.4. The number of carbonyl (C=O) groups excluding carboxylic acids is 1. The van der Waals surface area contributed by atoms with Gasteiger partial charge in [-0.3, -0.25) is 4.79 Å². The van der Waals surface area contributed by atoms with E-state index in [2.05, 4.69) is 26.0 Å². The predicted octanol–water partition coefficient (Wildman–Crippen LogP) is 3.62. The van der Waals surface area contributed by atoms with Crippen molar-refractivity contribution in [1.82, 2.24) is 10.0 Å². The molecule has 1 atom stereocenters. The minimum atomic E-state index is -3.65. The Morgan fingerprint density at radius 3 is 2.50 bits per heavy atom. The number of nitrogens with one attached hydrogen (secondary N) is 2. The summed E-state index contributed by atoms with van der Waals surface area (Å²) >= 11 is 3.42. The van der Waals surface area contributed by atoms with Gasteiger partial charge in [-0.1, -0.05) is 23.8 Å². The van der Waals surface area contributed by atoms with Gasteiger partial charge in [0, 0.05) is 13.0 Å². The molecule has 28 heavy (non-hydrogen) atoms. The molecule has 2 aromatic carbocycles. The molecule has 0 heterocycles. The highest BCUT2D eigenvalue weighted by molar-refractivity contribution is 9.10. The van der Waals surface area contributed by atoms with Crippen LogP contribution < -0.4 is 14.8 Å². The minimum absolute atomic E-state index is 0.0283. The van der Waals surface area contributed by atoms with Crippen LogP contribution in [0.1, 0.15) is 36.1 Å². The van der Waals surface area contributed by atoms with Crippen LogP contribution >= 0.6 is 15.9 Å². The molecule has 8 heteroatoms. The highest BCUT2D eigenvalue weighted by atomic mass is 79.9. The maximum Gasteiger partial charge on any atom is 0.240 e. The molecule has 0 saturated carbocycles. The summed E-state index contributed by atoms with van der Waals surface area (Å²) in [5, 5.41) is 2.87. The third-order valence-corrected chi connectivity index (χ3v) is 6.56. The van der Waals surface area contributed by atoms with Crippen molar-refractivity contribution < 1.29 is 17.9 Å². The van der Waals surface area contributed by atoms with Gasteiger partial charge in [-0.05, 0) is 66.0 Å². The Labute approximate surface area is 174 Å². The standard InChI is InChI=1S/C20H25BrN2O4S/c1-13-5-8-19(14(2)11-13)28(25,26)22-10-9-20(24)23-15(3)16-6-7-18(27-4)17(21)12-16/h5-8,11-12,15,22H,9-10H2,1-4H3,(H,23,24). The Morgan fingerprint density at radius 2 is 1.89 bits per heavy atom. The fourth-order valence-corrected chi connectivity index (χ4v) is 4.64. The first-order chi connectivity index (χ1) is 13.1. The van der Waals surface area contributed by atoms with Crippen molar-refractivity contribution >= 4 is 31.9 Å². The van der Waals surface area contributed by atoms with Gasteiger partial charge >= 0.3 is 0 Å². The highest BCUT2D eigenvalue weighted by Crippen LogP contribution is 2.28. The topological polar surface area (TPSA) is 84.5 Å². The van der Waals surface area contributed by atoms with Crippen LogP contribution in [-0.2, 0) is 14.8 Å². The van der Waals surface area contributed by atoms with Gasteiger partial charge in [-0.15, -0.1) is 0 Å². The summed E-state index contributed by atoms with van der Waals surface area (Å²) in [6.45, 7) is 5.55. The van der Waals surface area contributed by atoms with E-state index in [4.69, 9.17) is 4.74 Å². The lowest BCUT2D eigenvalue weighted by atomic mass is 10.1. The van der Waals surface area contributed by atoms with E-state index in [1.54, 1.807) is 26.2 Å². The van der Waals surface area contributed by atoms with Gasteiger partial charge in [-0.25, -0.2) is 13.1 Å². The molecule has 0 bridgehead atoms. The van der Waals surface area contributed by atoms with Crippen LogP contribution in [-0.4, -0.2) is 28.0 Å². The van der Waals surface area contributed by atoms with Gasteiger partial charge in [-0.2, -0.15) is 0 Å². The third-order valence-electron chi connectivity index (χ3n) is 4.32. The number of ether oxygens (including phenoxy) is 1. The Balaban J connectivity index is 1.90. The van der Waals surface area contributed by atoms with Crippen LogP contribution in [0, 0.1) is 13.8 Å². The summed E-state index contributed by atoms with van der Waals surface area (Å²) in [6, 6.07) is 10.5. The number of hydrogen-bond acceptors (Lipinski definition) is 4. The van der Waals surface area contributed by atoms with Gasteiger partial charge in [0.25, 0.3) is 0 Å². The number of carbonyl (C=O) groups is 1. The maximum absolute atomic E-state index is 12.4. The Morgan fingerprint density at radius 1 is 1.18 bits per heavy atom. The van der Waals surface area contributed by atoms with Crippen molar-refractivity contribution in [2.75, 3.05) is 13.7 Å². The summed E-state index contributed by atoms with van der Waals surface area (Å²) in [5.74, 6) is 0.478. The molecule has 6 nitrogen and oxygen atoms in total. The monoisotopic (exact) mass is 468 g/mol. The van der Waals surface area contributed by atoms with E-state index in [9.17, 15) is 13.2 Å².